The highest BCUT2D eigenvalue weighted by Gasteiger charge is 2.39. The molecule has 1 heteroatoms. The van der Waals surface area contributed by atoms with Crippen LogP contribution >= 0.6 is 15.9 Å². The Morgan fingerprint density at radius 3 is 2.30 bits per heavy atom. The maximum atomic E-state index is 3.64. The van der Waals surface area contributed by atoms with Gasteiger partial charge in [-0.25, -0.2) is 0 Å². The van der Waals surface area contributed by atoms with Gasteiger partial charge in [0, 0.05) is 4.47 Å². The van der Waals surface area contributed by atoms with E-state index in [9.17, 15) is 0 Å². The van der Waals surface area contributed by atoms with Crippen LogP contribution in [0, 0.1) is 11.8 Å². The largest absolute Gasteiger partial charge is 0.0616 e. The standard InChI is InChI=1S/C19H19Br/c20-19-4-2-1-3-17(19)14-7-9-15(10-8-14)18-12-13-5-6-16(18)11-13/h1-4,7-10,13,16,18H,5-6,11-12H2. The Kier molecular flexibility index (Phi) is 3.18. The quantitative estimate of drug-likeness (QED) is 0.633. The fourth-order valence-electron chi connectivity index (χ4n) is 4.26. The first-order valence-electron chi connectivity index (χ1n) is 7.66. The third-order valence-corrected chi connectivity index (χ3v) is 5.95. The van der Waals surface area contributed by atoms with Crippen LogP contribution in [0.5, 0.6) is 0 Å². The number of hydrogen-bond acceptors (Lipinski definition) is 0. The third-order valence-electron chi connectivity index (χ3n) is 5.26. The van der Waals surface area contributed by atoms with Crippen molar-refractivity contribution >= 4 is 15.9 Å². The summed E-state index contributed by atoms with van der Waals surface area (Å²) in [5, 5.41) is 0. The summed E-state index contributed by atoms with van der Waals surface area (Å²) < 4.78 is 1.17. The molecule has 0 N–H and O–H groups in total. The molecule has 2 bridgehead atoms. The first-order valence-corrected chi connectivity index (χ1v) is 8.45. The molecule has 2 aromatic carbocycles. The van der Waals surface area contributed by atoms with Crippen LogP contribution in [-0.4, -0.2) is 0 Å². The minimum absolute atomic E-state index is 0.835. The molecule has 20 heavy (non-hydrogen) atoms. The molecule has 2 aliphatic carbocycles. The Hall–Kier alpha value is -1.08. The highest BCUT2D eigenvalue weighted by Crippen LogP contribution is 2.52. The monoisotopic (exact) mass is 326 g/mol. The van der Waals surface area contributed by atoms with Crippen LogP contribution in [-0.2, 0) is 0 Å². The van der Waals surface area contributed by atoms with E-state index in [1.54, 1.807) is 5.56 Å². The van der Waals surface area contributed by atoms with Gasteiger partial charge in [0.25, 0.3) is 0 Å². The Bertz CT molecular complexity index is 614. The Morgan fingerprint density at radius 1 is 0.850 bits per heavy atom. The molecule has 0 heterocycles. The summed E-state index contributed by atoms with van der Waals surface area (Å²) in [5.41, 5.74) is 4.16. The molecule has 2 fully saturated rings. The maximum absolute atomic E-state index is 3.64. The van der Waals surface area contributed by atoms with Crippen LogP contribution in [0.4, 0.5) is 0 Å². The molecule has 3 atom stereocenters. The SMILES string of the molecule is Brc1ccccc1-c1ccc(C2CC3CCC2C3)cc1. The van der Waals surface area contributed by atoms with Gasteiger partial charge in [-0.3, -0.25) is 0 Å². The molecule has 0 spiro atoms. The summed E-state index contributed by atoms with van der Waals surface area (Å²) in [6.07, 6.45) is 5.85. The molecule has 0 nitrogen and oxygen atoms in total. The first-order chi connectivity index (χ1) is 9.81. The Morgan fingerprint density at radius 2 is 1.65 bits per heavy atom. The Balaban J connectivity index is 1.62. The molecule has 3 unspecified atom stereocenters. The van der Waals surface area contributed by atoms with E-state index in [4.69, 9.17) is 0 Å². The summed E-state index contributed by atoms with van der Waals surface area (Å²) in [4.78, 5) is 0. The lowest BCUT2D eigenvalue weighted by molar-refractivity contribution is 0.420. The molecule has 0 aromatic heterocycles. The van der Waals surface area contributed by atoms with Crippen LogP contribution in [0.2, 0.25) is 0 Å². The minimum atomic E-state index is 0.835. The van der Waals surface area contributed by atoms with Crippen LogP contribution in [0.1, 0.15) is 37.2 Å². The maximum Gasteiger partial charge on any atom is 0.0253 e. The average Bonchev–Trinajstić information content (AvgIpc) is 3.11. The molecule has 2 saturated carbocycles. The fraction of sp³-hybridized carbons (Fsp3) is 0.368. The topological polar surface area (TPSA) is 0 Å². The van der Waals surface area contributed by atoms with Gasteiger partial charge in [-0.1, -0.05) is 64.8 Å². The number of halogens is 1. The Labute approximate surface area is 129 Å². The van der Waals surface area contributed by atoms with Gasteiger partial charge < -0.3 is 0 Å². The van der Waals surface area contributed by atoms with E-state index >= 15 is 0 Å². The van der Waals surface area contributed by atoms with Crippen molar-refractivity contribution < 1.29 is 0 Å². The second-order valence-electron chi connectivity index (χ2n) is 6.38. The molecular weight excluding hydrogens is 308 g/mol. The number of hydrogen-bond donors (Lipinski definition) is 0. The molecule has 0 amide bonds. The summed E-state index contributed by atoms with van der Waals surface area (Å²) in [6.45, 7) is 0. The predicted molar refractivity (Wildman–Crippen MR) is 87.8 cm³/mol. The van der Waals surface area contributed by atoms with E-state index in [0.717, 1.165) is 17.8 Å². The van der Waals surface area contributed by atoms with Crippen molar-refractivity contribution in [1.82, 2.24) is 0 Å². The highest BCUT2D eigenvalue weighted by molar-refractivity contribution is 9.10. The first kappa shape index (κ1) is 12.6. The third kappa shape index (κ3) is 2.13. The van der Waals surface area contributed by atoms with Crippen LogP contribution in [0.3, 0.4) is 0 Å². The van der Waals surface area contributed by atoms with Crippen molar-refractivity contribution in [2.24, 2.45) is 11.8 Å². The van der Waals surface area contributed by atoms with Gasteiger partial charge in [0.05, 0.1) is 0 Å². The zero-order chi connectivity index (χ0) is 13.5. The van der Waals surface area contributed by atoms with Gasteiger partial charge in [0.2, 0.25) is 0 Å². The van der Waals surface area contributed by atoms with Gasteiger partial charge in [-0.15, -0.1) is 0 Å². The summed E-state index contributed by atoms with van der Waals surface area (Å²) in [5.74, 6) is 2.82. The highest BCUT2D eigenvalue weighted by atomic mass is 79.9. The number of benzene rings is 2. The predicted octanol–water partition coefficient (Wildman–Crippen LogP) is 6.02. The zero-order valence-electron chi connectivity index (χ0n) is 11.6. The van der Waals surface area contributed by atoms with Crippen molar-refractivity contribution in [3.8, 4) is 11.1 Å². The zero-order valence-corrected chi connectivity index (χ0v) is 13.1. The van der Waals surface area contributed by atoms with E-state index < -0.39 is 0 Å². The van der Waals surface area contributed by atoms with Crippen molar-refractivity contribution in [1.29, 1.82) is 0 Å². The van der Waals surface area contributed by atoms with Crippen molar-refractivity contribution in [2.45, 2.75) is 31.6 Å². The van der Waals surface area contributed by atoms with Crippen molar-refractivity contribution in [3.05, 3.63) is 58.6 Å². The van der Waals surface area contributed by atoms with Gasteiger partial charge >= 0.3 is 0 Å². The van der Waals surface area contributed by atoms with E-state index in [1.165, 1.54) is 41.3 Å². The van der Waals surface area contributed by atoms with Crippen LogP contribution in [0.25, 0.3) is 11.1 Å². The van der Waals surface area contributed by atoms with Gasteiger partial charge in [0.15, 0.2) is 0 Å². The van der Waals surface area contributed by atoms with E-state index in [-0.39, 0.29) is 0 Å². The summed E-state index contributed by atoms with van der Waals surface area (Å²) in [6, 6.07) is 17.8. The molecule has 0 radical (unpaired) electrons. The average molecular weight is 327 g/mol. The van der Waals surface area contributed by atoms with E-state index in [0.29, 0.717) is 0 Å². The van der Waals surface area contributed by atoms with Crippen molar-refractivity contribution in [3.63, 3.8) is 0 Å². The number of fused-ring (bicyclic) bond motifs is 2. The lowest BCUT2D eigenvalue weighted by Crippen LogP contribution is -2.08. The molecule has 0 aliphatic heterocycles. The second-order valence-corrected chi connectivity index (χ2v) is 7.24. The van der Waals surface area contributed by atoms with E-state index in [1.807, 2.05) is 0 Å². The molecule has 2 aliphatic rings. The lowest BCUT2D eigenvalue weighted by atomic mass is 9.83. The van der Waals surface area contributed by atoms with Gasteiger partial charge in [0.1, 0.15) is 0 Å². The molecule has 102 valence electrons. The molecule has 0 saturated heterocycles. The van der Waals surface area contributed by atoms with Crippen molar-refractivity contribution in [2.75, 3.05) is 0 Å². The smallest absolute Gasteiger partial charge is 0.0253 e. The normalized spacial score (nSPS) is 27.9. The molecule has 2 aromatic rings. The lowest BCUT2D eigenvalue weighted by Gasteiger charge is -2.22. The van der Waals surface area contributed by atoms with Gasteiger partial charge in [-0.05, 0) is 59.8 Å². The minimum Gasteiger partial charge on any atom is -0.0616 e. The van der Waals surface area contributed by atoms with Gasteiger partial charge in [-0.2, -0.15) is 0 Å². The van der Waals surface area contributed by atoms with E-state index in [2.05, 4.69) is 64.5 Å². The molecular formula is C19H19Br. The second kappa shape index (κ2) is 5.04. The summed E-state index contributed by atoms with van der Waals surface area (Å²) >= 11 is 3.64. The van der Waals surface area contributed by atoms with Crippen LogP contribution in [0.15, 0.2) is 53.0 Å². The molecule has 4 rings (SSSR count). The fourth-order valence-corrected chi connectivity index (χ4v) is 4.77. The number of rotatable bonds is 2. The van der Waals surface area contributed by atoms with Crippen LogP contribution < -0.4 is 0 Å². The summed E-state index contributed by atoms with van der Waals surface area (Å²) in [7, 11) is 0.